The summed E-state index contributed by atoms with van der Waals surface area (Å²) in [7, 11) is -4.66. The summed E-state index contributed by atoms with van der Waals surface area (Å²) in [5.41, 5.74) is -0.622. The van der Waals surface area contributed by atoms with Gasteiger partial charge >= 0.3 is 10.4 Å². The number of nitriles is 4. The third-order valence-electron chi connectivity index (χ3n) is 2.94. The number of ether oxygens (including phenoxy) is 2. The predicted octanol–water partition coefficient (Wildman–Crippen LogP) is -0.321. The second kappa shape index (κ2) is 9.76. The minimum atomic E-state index is -4.66. The molecule has 0 heterocycles. The highest BCUT2D eigenvalue weighted by atomic mass is 32.3. The average Bonchev–Trinajstić information content (AvgIpc) is 2.62. The molecule has 0 unspecified atom stereocenters. The van der Waals surface area contributed by atoms with Crippen molar-refractivity contribution >= 4 is 21.5 Å². The predicted molar refractivity (Wildman–Crippen MR) is 89.1 cm³/mol. The van der Waals surface area contributed by atoms with Gasteiger partial charge in [0.25, 0.3) is 0 Å². The van der Waals surface area contributed by atoms with Gasteiger partial charge in [-0.1, -0.05) is 0 Å². The molecule has 0 saturated carbocycles. The third-order valence-corrected chi connectivity index (χ3v) is 3.41. The van der Waals surface area contributed by atoms with E-state index in [0.29, 0.717) is 0 Å². The Kier molecular flexibility index (Phi) is 7.75. The molecular formula is C16H12N4O6S. The van der Waals surface area contributed by atoms with Crippen molar-refractivity contribution in [2.45, 2.75) is 6.92 Å². The molecule has 0 aliphatic rings. The van der Waals surface area contributed by atoms with Gasteiger partial charge in [-0.3, -0.25) is 4.55 Å². The van der Waals surface area contributed by atoms with Crippen LogP contribution in [0.15, 0.2) is 12.1 Å². The molecule has 1 aromatic rings. The van der Waals surface area contributed by atoms with Gasteiger partial charge in [0, 0.05) is 10.4 Å². The molecule has 11 heteroatoms. The largest absolute Gasteiger partial charge is 0.493 e. The van der Waals surface area contributed by atoms with E-state index in [2.05, 4.69) is 4.18 Å². The van der Waals surface area contributed by atoms with Crippen LogP contribution in [-0.4, -0.2) is 32.8 Å². The van der Waals surface area contributed by atoms with Crippen LogP contribution in [0.3, 0.4) is 0 Å². The maximum absolute atomic E-state index is 10.5. The highest BCUT2D eigenvalue weighted by Gasteiger charge is 2.12. The number of hydrogen-bond donors (Lipinski definition) is 1. The van der Waals surface area contributed by atoms with Crippen LogP contribution in [0.2, 0.25) is 0 Å². The lowest BCUT2D eigenvalue weighted by Gasteiger charge is -2.10. The fourth-order valence-electron chi connectivity index (χ4n) is 1.93. The van der Waals surface area contributed by atoms with E-state index < -0.39 is 17.0 Å². The van der Waals surface area contributed by atoms with Crippen molar-refractivity contribution in [3.05, 3.63) is 22.6 Å². The topological polar surface area (TPSA) is 177 Å². The van der Waals surface area contributed by atoms with Gasteiger partial charge in [-0.25, -0.2) is 4.18 Å². The van der Waals surface area contributed by atoms with E-state index in [1.54, 1.807) is 31.2 Å². The molecule has 0 amide bonds. The van der Waals surface area contributed by atoms with Gasteiger partial charge < -0.3 is 9.47 Å². The van der Waals surface area contributed by atoms with Crippen molar-refractivity contribution in [3.8, 4) is 35.8 Å². The van der Waals surface area contributed by atoms with Gasteiger partial charge in [-0.15, -0.1) is 0 Å². The van der Waals surface area contributed by atoms with Crippen LogP contribution in [-0.2, 0) is 14.6 Å². The van der Waals surface area contributed by atoms with E-state index in [1.807, 2.05) is 0 Å². The summed E-state index contributed by atoms with van der Waals surface area (Å²) in [6.07, 6.45) is 0. The molecule has 0 atom stereocenters. The minimum Gasteiger partial charge on any atom is -0.493 e. The number of benzene rings is 1. The SMILES string of the molecule is CCOc1cc(=C(C#N)C#N)c(OCCOS(=O)(=O)O)cc1=C(C#N)C#N. The first kappa shape index (κ1) is 21.4. The second-order valence-corrected chi connectivity index (χ2v) is 5.66. The van der Waals surface area contributed by atoms with Crippen LogP contribution in [0, 0.1) is 45.3 Å². The third kappa shape index (κ3) is 6.00. The van der Waals surface area contributed by atoms with Gasteiger partial charge in [0.15, 0.2) is 0 Å². The zero-order valence-electron chi connectivity index (χ0n) is 14.0. The Balaban J connectivity index is 3.63. The maximum Gasteiger partial charge on any atom is 0.397 e. The van der Waals surface area contributed by atoms with Crippen LogP contribution in [0.25, 0.3) is 11.1 Å². The summed E-state index contributed by atoms with van der Waals surface area (Å²) in [6.45, 7) is 0.923. The fourth-order valence-corrected chi connectivity index (χ4v) is 2.21. The molecule has 0 aliphatic heterocycles. The molecule has 10 nitrogen and oxygen atoms in total. The maximum atomic E-state index is 10.5. The van der Waals surface area contributed by atoms with Crippen LogP contribution in [0.5, 0.6) is 11.5 Å². The smallest absolute Gasteiger partial charge is 0.397 e. The molecule has 1 aromatic carbocycles. The Bertz CT molecular complexity index is 1080. The Hall–Kier alpha value is -3.61. The lowest BCUT2D eigenvalue weighted by atomic mass is 10.1. The van der Waals surface area contributed by atoms with E-state index in [0.717, 1.165) is 0 Å². The lowest BCUT2D eigenvalue weighted by Crippen LogP contribution is -2.22. The molecule has 0 aliphatic carbocycles. The van der Waals surface area contributed by atoms with E-state index in [1.165, 1.54) is 12.1 Å². The molecule has 1 N–H and O–H groups in total. The molecule has 0 spiro atoms. The fraction of sp³-hybridized carbons (Fsp3) is 0.250. The summed E-state index contributed by atoms with van der Waals surface area (Å²) >= 11 is 0. The first-order valence-electron chi connectivity index (χ1n) is 7.21. The molecule has 0 saturated heterocycles. The van der Waals surface area contributed by atoms with Gasteiger partial charge in [-0.05, 0) is 19.1 Å². The molecule has 1 rings (SSSR count). The van der Waals surface area contributed by atoms with Crippen LogP contribution in [0.4, 0.5) is 0 Å². The quantitative estimate of drug-likeness (QED) is 0.480. The molecule has 0 aromatic heterocycles. The molecule has 0 radical (unpaired) electrons. The summed E-state index contributed by atoms with van der Waals surface area (Å²) in [5, 5.41) is 36.6. The zero-order valence-corrected chi connectivity index (χ0v) is 14.8. The first-order valence-corrected chi connectivity index (χ1v) is 8.58. The molecule has 138 valence electrons. The van der Waals surface area contributed by atoms with Crippen molar-refractivity contribution in [2.24, 2.45) is 0 Å². The van der Waals surface area contributed by atoms with Gasteiger partial charge in [-0.2, -0.15) is 29.5 Å². The lowest BCUT2D eigenvalue weighted by molar-refractivity contribution is 0.200. The Morgan fingerprint density at radius 3 is 1.74 bits per heavy atom. The molecule has 27 heavy (non-hydrogen) atoms. The summed E-state index contributed by atoms with van der Waals surface area (Å²) in [5.74, 6) is 0.0172. The summed E-state index contributed by atoms with van der Waals surface area (Å²) in [4.78, 5) is 0. The van der Waals surface area contributed by atoms with E-state index in [9.17, 15) is 8.42 Å². The van der Waals surface area contributed by atoms with Crippen molar-refractivity contribution in [1.82, 2.24) is 0 Å². The van der Waals surface area contributed by atoms with Crippen LogP contribution in [0.1, 0.15) is 6.92 Å². The standard InChI is InChI=1S/C16H12N4O6S/c1-2-24-15-5-14(12(9-19)10-20)16(6-13(15)11(7-17)8-18)25-3-4-26-27(21,22)23/h5-6H,2-4H2,1H3,(H,21,22,23). The zero-order chi connectivity index (χ0) is 20.4. The first-order chi connectivity index (χ1) is 12.8. The number of rotatable bonds is 7. The van der Waals surface area contributed by atoms with E-state index >= 15 is 0 Å². The van der Waals surface area contributed by atoms with Crippen molar-refractivity contribution in [2.75, 3.05) is 19.8 Å². The average molecular weight is 388 g/mol. The number of nitrogens with zero attached hydrogens (tertiary/aromatic N) is 4. The summed E-state index contributed by atoms with van der Waals surface area (Å²) in [6, 6.07) is 9.28. The van der Waals surface area contributed by atoms with Crippen molar-refractivity contribution in [3.63, 3.8) is 0 Å². The van der Waals surface area contributed by atoms with Gasteiger partial charge in [0.1, 0.15) is 60.1 Å². The van der Waals surface area contributed by atoms with Gasteiger partial charge in [0.2, 0.25) is 0 Å². The monoisotopic (exact) mass is 388 g/mol. The molecule has 0 bridgehead atoms. The van der Waals surface area contributed by atoms with E-state index in [4.69, 9.17) is 35.1 Å². The van der Waals surface area contributed by atoms with Gasteiger partial charge in [0.05, 0.1) is 6.61 Å². The molecule has 0 fully saturated rings. The van der Waals surface area contributed by atoms with E-state index in [-0.39, 0.29) is 46.3 Å². The second-order valence-electron chi connectivity index (χ2n) is 4.57. The summed E-state index contributed by atoms with van der Waals surface area (Å²) < 4.78 is 44.4. The Labute approximate surface area is 154 Å². The van der Waals surface area contributed by atoms with Crippen molar-refractivity contribution < 1.29 is 26.6 Å². The minimum absolute atomic E-state index is 0.0225. The highest BCUT2D eigenvalue weighted by molar-refractivity contribution is 7.80. The highest BCUT2D eigenvalue weighted by Crippen LogP contribution is 2.11. The number of hydrogen-bond acceptors (Lipinski definition) is 9. The van der Waals surface area contributed by atoms with Crippen LogP contribution >= 0.6 is 0 Å². The van der Waals surface area contributed by atoms with Crippen molar-refractivity contribution in [1.29, 1.82) is 21.0 Å². The van der Waals surface area contributed by atoms with Crippen LogP contribution < -0.4 is 19.9 Å². The molecular weight excluding hydrogens is 376 g/mol. The normalized spacial score (nSPS) is 9.85. The Morgan fingerprint density at radius 2 is 1.37 bits per heavy atom. The Morgan fingerprint density at radius 1 is 0.926 bits per heavy atom.